The number of aromatic amines is 1. The molecule has 0 aliphatic heterocycles. The van der Waals surface area contributed by atoms with Crippen LogP contribution in [0.2, 0.25) is 0 Å². The minimum Gasteiger partial charge on any atom is -0.409 e. The van der Waals surface area contributed by atoms with Crippen molar-refractivity contribution in [2.75, 3.05) is 0 Å². The van der Waals surface area contributed by atoms with Crippen LogP contribution in [0.1, 0.15) is 5.56 Å². The lowest BCUT2D eigenvalue weighted by Gasteiger charge is -2.03. The molecular formula is C14H11FN4OS. The van der Waals surface area contributed by atoms with Crippen molar-refractivity contribution >= 4 is 28.6 Å². The van der Waals surface area contributed by atoms with Crippen LogP contribution in [0.25, 0.3) is 11.0 Å². The van der Waals surface area contributed by atoms with Crippen LogP contribution < -0.4 is 5.73 Å². The summed E-state index contributed by atoms with van der Waals surface area (Å²) in [5.74, 6) is -0.584. The molecule has 7 heteroatoms. The zero-order valence-electron chi connectivity index (χ0n) is 10.7. The number of fused-ring (bicyclic) bond motifs is 1. The van der Waals surface area contributed by atoms with Crippen LogP contribution in [0.5, 0.6) is 0 Å². The van der Waals surface area contributed by atoms with Crippen LogP contribution in [0, 0.1) is 5.82 Å². The summed E-state index contributed by atoms with van der Waals surface area (Å²) in [6.45, 7) is 0. The number of amidine groups is 1. The zero-order chi connectivity index (χ0) is 14.8. The van der Waals surface area contributed by atoms with Gasteiger partial charge in [0.05, 0.1) is 15.9 Å². The molecule has 0 spiro atoms. The first-order valence-corrected chi connectivity index (χ1v) is 6.89. The Morgan fingerprint density at radius 2 is 2.10 bits per heavy atom. The third kappa shape index (κ3) is 2.68. The first-order chi connectivity index (χ1) is 10.2. The van der Waals surface area contributed by atoms with E-state index in [1.54, 1.807) is 12.1 Å². The van der Waals surface area contributed by atoms with Gasteiger partial charge in [0.1, 0.15) is 5.82 Å². The molecule has 0 atom stereocenters. The fraction of sp³-hybridized carbons (Fsp3) is 0. The fourth-order valence-electron chi connectivity index (χ4n) is 1.88. The number of halogens is 1. The van der Waals surface area contributed by atoms with Gasteiger partial charge in [-0.2, -0.15) is 0 Å². The smallest absolute Gasteiger partial charge is 0.171 e. The third-order valence-electron chi connectivity index (χ3n) is 2.91. The van der Waals surface area contributed by atoms with Gasteiger partial charge in [0.25, 0.3) is 0 Å². The minimum atomic E-state index is -0.454. The number of aromatic nitrogens is 2. The topological polar surface area (TPSA) is 87.3 Å². The molecular weight excluding hydrogens is 291 g/mol. The molecule has 3 rings (SSSR count). The molecule has 1 heterocycles. The van der Waals surface area contributed by atoms with Crippen LogP contribution in [0.3, 0.4) is 0 Å². The summed E-state index contributed by atoms with van der Waals surface area (Å²) in [4.78, 5) is 7.90. The van der Waals surface area contributed by atoms with E-state index in [0.717, 1.165) is 11.0 Å². The highest BCUT2D eigenvalue weighted by Crippen LogP contribution is 2.29. The molecule has 0 amide bonds. The lowest BCUT2D eigenvalue weighted by Crippen LogP contribution is -2.13. The molecule has 0 bridgehead atoms. The van der Waals surface area contributed by atoms with Gasteiger partial charge < -0.3 is 15.9 Å². The molecule has 21 heavy (non-hydrogen) atoms. The second kappa shape index (κ2) is 5.45. The Bertz CT molecular complexity index is 798. The van der Waals surface area contributed by atoms with Gasteiger partial charge in [-0.3, -0.25) is 0 Å². The van der Waals surface area contributed by atoms with Gasteiger partial charge in [0, 0.05) is 5.56 Å². The zero-order valence-corrected chi connectivity index (χ0v) is 11.6. The molecule has 1 aromatic heterocycles. The third-order valence-corrected chi connectivity index (χ3v) is 3.85. The molecule has 0 saturated heterocycles. The molecule has 0 saturated carbocycles. The maximum atomic E-state index is 14.0. The molecule has 5 nitrogen and oxygen atoms in total. The number of hydrogen-bond acceptors (Lipinski definition) is 4. The van der Waals surface area contributed by atoms with E-state index in [1.165, 1.54) is 17.8 Å². The lowest BCUT2D eigenvalue weighted by molar-refractivity contribution is 0.318. The molecule has 0 aliphatic rings. The summed E-state index contributed by atoms with van der Waals surface area (Å²) in [5.41, 5.74) is 7.47. The molecule has 0 aliphatic carbocycles. The summed E-state index contributed by atoms with van der Waals surface area (Å²) in [5, 5.41) is 12.0. The van der Waals surface area contributed by atoms with E-state index < -0.39 is 5.82 Å². The first-order valence-electron chi connectivity index (χ1n) is 6.07. The van der Waals surface area contributed by atoms with Crippen molar-refractivity contribution in [3.63, 3.8) is 0 Å². The van der Waals surface area contributed by atoms with Crippen LogP contribution in [0.15, 0.2) is 57.7 Å². The van der Waals surface area contributed by atoms with Crippen molar-refractivity contribution in [3.8, 4) is 0 Å². The van der Waals surface area contributed by atoms with Gasteiger partial charge in [0.15, 0.2) is 11.0 Å². The van der Waals surface area contributed by atoms with Gasteiger partial charge in [0.2, 0.25) is 0 Å². The highest BCUT2D eigenvalue weighted by Gasteiger charge is 2.10. The number of nitrogens with zero attached hydrogens (tertiary/aromatic N) is 2. The summed E-state index contributed by atoms with van der Waals surface area (Å²) in [6.07, 6.45) is 0. The van der Waals surface area contributed by atoms with Gasteiger partial charge in [-0.1, -0.05) is 17.3 Å². The maximum Gasteiger partial charge on any atom is 0.171 e. The van der Waals surface area contributed by atoms with Crippen molar-refractivity contribution in [2.45, 2.75) is 10.1 Å². The number of para-hydroxylation sites is 2. The highest BCUT2D eigenvalue weighted by atomic mass is 32.2. The molecule has 2 aromatic carbocycles. The average molecular weight is 302 g/mol. The lowest BCUT2D eigenvalue weighted by atomic mass is 10.2. The Balaban J connectivity index is 1.91. The van der Waals surface area contributed by atoms with E-state index in [0.29, 0.717) is 15.6 Å². The van der Waals surface area contributed by atoms with Crippen LogP contribution >= 0.6 is 11.8 Å². The van der Waals surface area contributed by atoms with Crippen molar-refractivity contribution in [3.05, 3.63) is 53.8 Å². The van der Waals surface area contributed by atoms with E-state index in [2.05, 4.69) is 15.1 Å². The molecule has 0 unspecified atom stereocenters. The first kappa shape index (κ1) is 13.4. The van der Waals surface area contributed by atoms with Gasteiger partial charge in [-0.15, -0.1) is 0 Å². The highest BCUT2D eigenvalue weighted by molar-refractivity contribution is 7.99. The molecule has 106 valence electrons. The average Bonchev–Trinajstić information content (AvgIpc) is 2.90. The second-order valence-electron chi connectivity index (χ2n) is 4.29. The van der Waals surface area contributed by atoms with Gasteiger partial charge in [-0.25, -0.2) is 9.37 Å². The Hall–Kier alpha value is -2.54. The van der Waals surface area contributed by atoms with Gasteiger partial charge >= 0.3 is 0 Å². The Kier molecular flexibility index (Phi) is 3.49. The van der Waals surface area contributed by atoms with E-state index in [9.17, 15) is 4.39 Å². The number of imidazole rings is 1. The number of oxime groups is 1. The van der Waals surface area contributed by atoms with Crippen molar-refractivity contribution < 1.29 is 9.60 Å². The fourth-order valence-corrected chi connectivity index (χ4v) is 2.69. The van der Waals surface area contributed by atoms with Crippen LogP contribution in [-0.2, 0) is 0 Å². The molecule has 0 fully saturated rings. The number of nitrogens with one attached hydrogen (secondary N) is 1. The summed E-state index contributed by atoms with van der Waals surface area (Å²) in [6, 6.07) is 12.0. The van der Waals surface area contributed by atoms with Gasteiger partial charge in [-0.05, 0) is 42.1 Å². The van der Waals surface area contributed by atoms with Crippen molar-refractivity contribution in [1.29, 1.82) is 0 Å². The van der Waals surface area contributed by atoms with Crippen molar-refractivity contribution in [1.82, 2.24) is 9.97 Å². The molecule has 3 aromatic rings. The number of benzene rings is 2. The number of hydrogen-bond donors (Lipinski definition) is 3. The quantitative estimate of drug-likeness (QED) is 0.300. The van der Waals surface area contributed by atoms with Crippen LogP contribution in [-0.4, -0.2) is 21.0 Å². The largest absolute Gasteiger partial charge is 0.409 e. The number of rotatable bonds is 3. The monoisotopic (exact) mass is 302 g/mol. The maximum absolute atomic E-state index is 14.0. The normalized spacial score (nSPS) is 12.0. The number of nitrogens with two attached hydrogens (primary N) is 1. The Morgan fingerprint density at radius 1 is 1.29 bits per heavy atom. The second-order valence-corrected chi connectivity index (χ2v) is 5.32. The van der Waals surface area contributed by atoms with Crippen LogP contribution in [0.4, 0.5) is 4.39 Å². The summed E-state index contributed by atoms with van der Waals surface area (Å²) in [7, 11) is 0. The minimum absolute atomic E-state index is 0.130. The van der Waals surface area contributed by atoms with E-state index in [-0.39, 0.29) is 5.84 Å². The SMILES string of the molecule is N/C(=N\O)c1ccc(Sc2nc3ccccc3[nH]2)c(F)c1. The summed E-state index contributed by atoms with van der Waals surface area (Å²) >= 11 is 1.18. The molecule has 4 N–H and O–H groups in total. The summed E-state index contributed by atoms with van der Waals surface area (Å²) < 4.78 is 14.0. The van der Waals surface area contributed by atoms with Crippen molar-refractivity contribution in [2.24, 2.45) is 10.9 Å². The standard InChI is InChI=1S/C14H11FN4OS/c15-9-7-8(13(16)19-20)5-6-12(9)21-14-17-10-3-1-2-4-11(10)18-14/h1-7,20H,(H2,16,19)(H,17,18). The Morgan fingerprint density at radius 3 is 2.81 bits per heavy atom. The van der Waals surface area contributed by atoms with E-state index in [1.807, 2.05) is 24.3 Å². The predicted octanol–water partition coefficient (Wildman–Crippen LogP) is 2.95. The molecule has 0 radical (unpaired) electrons. The predicted molar refractivity (Wildman–Crippen MR) is 79.1 cm³/mol. The Labute approximate surface area is 123 Å². The number of H-pyrrole nitrogens is 1. The van der Waals surface area contributed by atoms with E-state index >= 15 is 0 Å². The van der Waals surface area contributed by atoms with E-state index in [4.69, 9.17) is 10.9 Å².